The minimum Gasteiger partial charge on any atom is -0.386 e. The van der Waals surface area contributed by atoms with Crippen LogP contribution in [-0.4, -0.2) is 19.8 Å². The number of rotatable bonds is 4. The minimum atomic E-state index is -5.33. The molecule has 0 aromatic carbocycles. The van der Waals surface area contributed by atoms with Crippen LogP contribution in [0.25, 0.3) is 0 Å². The van der Waals surface area contributed by atoms with E-state index in [1.807, 2.05) is 0 Å². The molecule has 0 aliphatic rings. The molecule has 0 bridgehead atoms. The van der Waals surface area contributed by atoms with Crippen LogP contribution in [0.3, 0.4) is 0 Å². The van der Waals surface area contributed by atoms with Gasteiger partial charge in [0.2, 0.25) is 5.88 Å². The molecule has 2 N–H and O–H groups in total. The Morgan fingerprint density at radius 3 is 2.30 bits per heavy atom. The third-order valence-electron chi connectivity index (χ3n) is 2.02. The quantitative estimate of drug-likeness (QED) is 0.672. The van der Waals surface area contributed by atoms with E-state index in [2.05, 4.69) is 9.72 Å². The lowest BCUT2D eigenvalue weighted by atomic mass is 10.1. The molecule has 0 fully saturated rings. The van der Waals surface area contributed by atoms with Crippen LogP contribution in [0.1, 0.15) is 17.6 Å². The van der Waals surface area contributed by atoms with Gasteiger partial charge in [-0.25, -0.2) is 22.2 Å². The summed E-state index contributed by atoms with van der Waals surface area (Å²) < 4.78 is 87.9. The van der Waals surface area contributed by atoms with Crippen molar-refractivity contribution in [1.29, 1.82) is 0 Å². The lowest BCUT2D eigenvalue weighted by molar-refractivity contribution is -0.277. The van der Waals surface area contributed by atoms with Gasteiger partial charge in [0.25, 0.3) is 15.5 Å². The van der Waals surface area contributed by atoms with Crippen molar-refractivity contribution in [2.24, 2.45) is 5.73 Å². The Bertz CT molecular complexity index is 605. The summed E-state index contributed by atoms with van der Waals surface area (Å²) in [6.07, 6.45) is -8.20. The molecule has 0 amide bonds. The maximum Gasteiger partial charge on any atom is 0.574 e. The number of nitrogens with zero attached hydrogens (tertiary/aromatic N) is 1. The van der Waals surface area contributed by atoms with Gasteiger partial charge in [0.1, 0.15) is 0 Å². The molecule has 0 unspecified atom stereocenters. The van der Waals surface area contributed by atoms with Gasteiger partial charge in [0, 0.05) is 29.0 Å². The SMILES string of the molecule is NCc1cnc(OC(F)(F)F)c(S(=O)(=O)Cl)c1C(F)F. The zero-order chi connectivity index (χ0) is 15.7. The summed E-state index contributed by atoms with van der Waals surface area (Å²) >= 11 is 0. The minimum absolute atomic E-state index is 0.464. The predicted octanol–water partition coefficient (Wildman–Crippen LogP) is 2.30. The van der Waals surface area contributed by atoms with Crippen molar-refractivity contribution in [1.82, 2.24) is 4.98 Å². The van der Waals surface area contributed by atoms with E-state index >= 15 is 0 Å². The highest BCUT2D eigenvalue weighted by atomic mass is 35.7. The summed E-state index contributed by atoms with van der Waals surface area (Å²) in [6, 6.07) is 0. The number of aromatic nitrogens is 1. The summed E-state index contributed by atoms with van der Waals surface area (Å²) in [6.45, 7) is -0.571. The predicted molar refractivity (Wildman–Crippen MR) is 56.8 cm³/mol. The van der Waals surface area contributed by atoms with E-state index in [1.165, 1.54) is 0 Å². The smallest absolute Gasteiger partial charge is 0.386 e. The van der Waals surface area contributed by atoms with E-state index in [4.69, 9.17) is 16.4 Å². The molecule has 1 heterocycles. The number of pyridine rings is 1. The van der Waals surface area contributed by atoms with Crippen LogP contribution in [-0.2, 0) is 15.6 Å². The van der Waals surface area contributed by atoms with Gasteiger partial charge >= 0.3 is 6.36 Å². The fourth-order valence-corrected chi connectivity index (χ4v) is 2.58. The summed E-state index contributed by atoms with van der Waals surface area (Å²) in [5.41, 5.74) is 3.37. The zero-order valence-corrected chi connectivity index (χ0v) is 10.9. The molecule has 0 radical (unpaired) electrons. The fraction of sp³-hybridized carbons (Fsp3) is 0.375. The average Bonchev–Trinajstić information content (AvgIpc) is 2.24. The number of hydrogen-bond donors (Lipinski definition) is 1. The van der Waals surface area contributed by atoms with Crippen LogP contribution in [0.4, 0.5) is 22.0 Å². The molecule has 1 rings (SSSR count). The standard InChI is InChI=1S/C8H6ClF5N2O3S/c9-20(17,18)5-4(6(10)11)3(1-15)2-16-7(5)19-8(12,13)14/h2,6H,1,15H2. The van der Waals surface area contributed by atoms with Crippen LogP contribution in [0, 0.1) is 0 Å². The van der Waals surface area contributed by atoms with Crippen LogP contribution in [0.5, 0.6) is 5.88 Å². The first kappa shape index (κ1) is 16.9. The topological polar surface area (TPSA) is 82.3 Å². The van der Waals surface area contributed by atoms with Crippen molar-refractivity contribution in [3.05, 3.63) is 17.3 Å². The van der Waals surface area contributed by atoms with Crippen molar-refractivity contribution in [3.63, 3.8) is 0 Å². The molecule has 0 aliphatic heterocycles. The maximum atomic E-state index is 12.9. The molecule has 0 saturated heterocycles. The second-order valence-corrected chi connectivity index (χ2v) is 5.82. The molecule has 0 saturated carbocycles. The Balaban J connectivity index is 3.67. The van der Waals surface area contributed by atoms with Crippen molar-refractivity contribution >= 4 is 19.7 Å². The van der Waals surface area contributed by atoms with Crippen LogP contribution in [0.15, 0.2) is 11.1 Å². The first-order valence-electron chi connectivity index (χ1n) is 4.67. The largest absolute Gasteiger partial charge is 0.574 e. The molecule has 5 nitrogen and oxygen atoms in total. The molecular weight excluding hydrogens is 335 g/mol. The molecule has 0 atom stereocenters. The average molecular weight is 341 g/mol. The Morgan fingerprint density at radius 2 is 1.95 bits per heavy atom. The Hall–Kier alpha value is -1.20. The third kappa shape index (κ3) is 3.90. The van der Waals surface area contributed by atoms with Crippen molar-refractivity contribution in [2.75, 3.05) is 0 Å². The lowest BCUT2D eigenvalue weighted by Gasteiger charge is -2.15. The molecule has 0 aliphatic carbocycles. The second-order valence-electron chi connectivity index (χ2n) is 3.32. The van der Waals surface area contributed by atoms with E-state index in [-0.39, 0.29) is 0 Å². The van der Waals surface area contributed by atoms with Gasteiger partial charge in [0.15, 0.2) is 4.90 Å². The lowest BCUT2D eigenvalue weighted by Crippen LogP contribution is -2.21. The normalized spacial score (nSPS) is 12.8. The molecule has 12 heteroatoms. The molecular formula is C8H6ClF5N2O3S. The van der Waals surface area contributed by atoms with Gasteiger partial charge < -0.3 is 10.5 Å². The number of hydrogen-bond acceptors (Lipinski definition) is 5. The highest BCUT2D eigenvalue weighted by Gasteiger charge is 2.38. The van der Waals surface area contributed by atoms with Gasteiger partial charge in [-0.2, -0.15) is 0 Å². The summed E-state index contributed by atoms with van der Waals surface area (Å²) in [5, 5.41) is 0. The van der Waals surface area contributed by atoms with Gasteiger partial charge in [-0.3, -0.25) is 0 Å². The molecule has 114 valence electrons. The Labute approximate surface area is 113 Å². The number of nitrogens with two attached hydrogens (primary N) is 1. The molecule has 20 heavy (non-hydrogen) atoms. The zero-order valence-electron chi connectivity index (χ0n) is 9.29. The number of halogens is 6. The highest BCUT2D eigenvalue weighted by molar-refractivity contribution is 8.13. The maximum absolute atomic E-state index is 12.9. The van der Waals surface area contributed by atoms with Gasteiger partial charge in [0.05, 0.1) is 0 Å². The Morgan fingerprint density at radius 1 is 1.40 bits per heavy atom. The summed E-state index contributed by atoms with van der Waals surface area (Å²) in [7, 11) is -0.0835. The van der Waals surface area contributed by atoms with Crippen LogP contribution < -0.4 is 10.5 Å². The van der Waals surface area contributed by atoms with E-state index < -0.39 is 50.3 Å². The fourth-order valence-electron chi connectivity index (χ4n) is 1.35. The van der Waals surface area contributed by atoms with Crippen LogP contribution in [0.2, 0.25) is 0 Å². The molecule has 1 aromatic rings. The Kier molecular flexibility index (Phi) is 4.77. The van der Waals surface area contributed by atoms with E-state index in [0.717, 1.165) is 0 Å². The third-order valence-corrected chi connectivity index (χ3v) is 3.36. The number of ether oxygens (including phenoxy) is 1. The highest BCUT2D eigenvalue weighted by Crippen LogP contribution is 2.38. The molecule has 1 aromatic heterocycles. The molecule has 0 spiro atoms. The van der Waals surface area contributed by atoms with E-state index in [1.54, 1.807) is 0 Å². The first-order chi connectivity index (χ1) is 8.97. The summed E-state index contributed by atoms with van der Waals surface area (Å²) in [5.74, 6) is -1.58. The number of alkyl halides is 5. The second kappa shape index (κ2) is 5.66. The first-order valence-corrected chi connectivity index (χ1v) is 6.98. The van der Waals surface area contributed by atoms with E-state index in [0.29, 0.717) is 6.20 Å². The van der Waals surface area contributed by atoms with Gasteiger partial charge in [-0.1, -0.05) is 0 Å². The van der Waals surface area contributed by atoms with E-state index in [9.17, 15) is 30.4 Å². The summed E-state index contributed by atoms with van der Waals surface area (Å²) in [4.78, 5) is 1.48. The van der Waals surface area contributed by atoms with Crippen molar-refractivity contribution in [3.8, 4) is 5.88 Å². The van der Waals surface area contributed by atoms with Crippen molar-refractivity contribution < 1.29 is 35.1 Å². The van der Waals surface area contributed by atoms with Crippen molar-refractivity contribution in [2.45, 2.75) is 24.2 Å². The van der Waals surface area contributed by atoms with Gasteiger partial charge in [-0.05, 0) is 5.56 Å². The van der Waals surface area contributed by atoms with Gasteiger partial charge in [-0.15, -0.1) is 13.2 Å². The monoisotopic (exact) mass is 340 g/mol. The van der Waals surface area contributed by atoms with Crippen LogP contribution >= 0.6 is 10.7 Å².